The highest BCUT2D eigenvalue weighted by molar-refractivity contribution is 5.94. The van der Waals surface area contributed by atoms with E-state index in [2.05, 4.69) is 0 Å². The molecule has 5 fully saturated rings. The number of benzene rings is 1. The molecule has 3 heterocycles. The molecule has 34 heavy (non-hydrogen) atoms. The predicted octanol–water partition coefficient (Wildman–Crippen LogP) is 4.04. The van der Waals surface area contributed by atoms with Gasteiger partial charge >= 0.3 is 5.97 Å². The van der Waals surface area contributed by atoms with Gasteiger partial charge in [-0.1, -0.05) is 12.8 Å². The second-order valence-corrected chi connectivity index (χ2v) is 10.2. The van der Waals surface area contributed by atoms with E-state index in [1.54, 1.807) is 24.3 Å². The van der Waals surface area contributed by atoms with Crippen LogP contribution in [-0.4, -0.2) is 54.0 Å². The van der Waals surface area contributed by atoms with Crippen molar-refractivity contribution in [2.75, 3.05) is 0 Å². The van der Waals surface area contributed by atoms with Gasteiger partial charge in [0, 0.05) is 31.2 Å². The molecule has 0 bridgehead atoms. The Balaban J connectivity index is 1.25. The van der Waals surface area contributed by atoms with Crippen molar-refractivity contribution in [3.63, 3.8) is 0 Å². The smallest absolute Gasteiger partial charge is 0.343 e. The van der Waals surface area contributed by atoms with Crippen molar-refractivity contribution in [2.45, 2.75) is 113 Å². The van der Waals surface area contributed by atoms with Gasteiger partial charge in [-0.05, 0) is 56.9 Å². The summed E-state index contributed by atoms with van der Waals surface area (Å²) in [5.74, 6) is -1.65. The zero-order chi connectivity index (χ0) is 23.3. The number of ketones is 1. The highest BCUT2D eigenvalue weighted by Gasteiger charge is 2.65. The van der Waals surface area contributed by atoms with Crippen LogP contribution in [0.2, 0.25) is 0 Å². The SMILES string of the molecule is CC(=O)c1ccc(OC(=O)[C@@H]2O[C@@H]3OC4(CCCCC4)O[C@H]3[C@H]3OC4(CCCCC4)O[C@@H]32)cc1. The van der Waals surface area contributed by atoms with Gasteiger partial charge in [0.25, 0.3) is 0 Å². The molecule has 0 aromatic heterocycles. The first-order valence-corrected chi connectivity index (χ1v) is 12.7. The van der Waals surface area contributed by atoms with Gasteiger partial charge < -0.3 is 28.4 Å². The predicted molar refractivity (Wildman–Crippen MR) is 118 cm³/mol. The van der Waals surface area contributed by atoms with Crippen molar-refractivity contribution >= 4 is 11.8 Å². The summed E-state index contributed by atoms with van der Waals surface area (Å²) in [6.45, 7) is 1.49. The first kappa shape index (κ1) is 22.6. The topological polar surface area (TPSA) is 89.5 Å². The number of ether oxygens (including phenoxy) is 6. The second kappa shape index (κ2) is 8.68. The van der Waals surface area contributed by atoms with Crippen LogP contribution in [0.4, 0.5) is 0 Å². The molecular formula is C26H32O8. The first-order chi connectivity index (χ1) is 16.5. The quantitative estimate of drug-likeness (QED) is 0.370. The van der Waals surface area contributed by atoms with Gasteiger partial charge in [-0.15, -0.1) is 0 Å². The summed E-state index contributed by atoms with van der Waals surface area (Å²) in [7, 11) is 0. The summed E-state index contributed by atoms with van der Waals surface area (Å²) in [5, 5.41) is 0. The number of carbonyl (C=O) groups excluding carboxylic acids is 2. The van der Waals surface area contributed by atoms with E-state index in [-0.39, 0.29) is 5.78 Å². The minimum atomic E-state index is -0.998. The van der Waals surface area contributed by atoms with Gasteiger partial charge in [0.05, 0.1) is 0 Å². The molecule has 2 aliphatic carbocycles. The van der Waals surface area contributed by atoms with E-state index in [1.807, 2.05) is 0 Å². The summed E-state index contributed by atoms with van der Waals surface area (Å²) in [6, 6.07) is 6.49. The molecule has 3 saturated heterocycles. The van der Waals surface area contributed by atoms with E-state index in [1.165, 1.54) is 6.92 Å². The molecule has 8 heteroatoms. The number of carbonyl (C=O) groups is 2. The minimum Gasteiger partial charge on any atom is -0.425 e. The Morgan fingerprint density at radius 3 is 1.94 bits per heavy atom. The fourth-order valence-electron chi connectivity index (χ4n) is 6.08. The molecule has 0 radical (unpaired) electrons. The second-order valence-electron chi connectivity index (χ2n) is 10.2. The molecule has 0 unspecified atom stereocenters. The fourth-order valence-corrected chi connectivity index (χ4v) is 6.08. The van der Waals surface area contributed by atoms with E-state index in [0.717, 1.165) is 64.2 Å². The van der Waals surface area contributed by atoms with Crippen LogP contribution in [0.3, 0.4) is 0 Å². The molecular weight excluding hydrogens is 440 g/mol. The molecule has 5 atom stereocenters. The lowest BCUT2D eigenvalue weighted by atomic mass is 9.94. The van der Waals surface area contributed by atoms with Crippen LogP contribution in [0.15, 0.2) is 24.3 Å². The first-order valence-electron chi connectivity index (χ1n) is 12.7. The Labute approximate surface area is 199 Å². The number of Topliss-reactive ketones (excluding diaryl/α,β-unsaturated/α-hetero) is 1. The number of rotatable bonds is 3. The monoisotopic (exact) mass is 472 g/mol. The summed E-state index contributed by atoms with van der Waals surface area (Å²) in [5.41, 5.74) is 0.553. The molecule has 2 spiro atoms. The Bertz CT molecular complexity index is 931. The molecule has 0 N–H and O–H groups in total. The van der Waals surface area contributed by atoms with Gasteiger partial charge in [-0.25, -0.2) is 4.79 Å². The maximum absolute atomic E-state index is 13.3. The third-order valence-electron chi connectivity index (χ3n) is 7.82. The zero-order valence-electron chi connectivity index (χ0n) is 19.5. The van der Waals surface area contributed by atoms with Crippen LogP contribution in [0, 0.1) is 0 Å². The van der Waals surface area contributed by atoms with Crippen molar-refractivity contribution in [2.24, 2.45) is 0 Å². The highest BCUT2D eigenvalue weighted by Crippen LogP contribution is 2.51. The van der Waals surface area contributed by atoms with Crippen LogP contribution in [0.1, 0.15) is 81.5 Å². The van der Waals surface area contributed by atoms with E-state index in [0.29, 0.717) is 11.3 Å². The summed E-state index contributed by atoms with van der Waals surface area (Å²) in [4.78, 5) is 24.9. The summed E-state index contributed by atoms with van der Waals surface area (Å²) in [6.07, 6.45) is 6.39. The van der Waals surface area contributed by atoms with Crippen molar-refractivity contribution in [3.05, 3.63) is 29.8 Å². The maximum atomic E-state index is 13.3. The maximum Gasteiger partial charge on any atom is 0.343 e. The largest absolute Gasteiger partial charge is 0.425 e. The Morgan fingerprint density at radius 2 is 1.32 bits per heavy atom. The third-order valence-corrected chi connectivity index (χ3v) is 7.82. The Hall–Kier alpha value is -1.84. The molecule has 5 aliphatic rings. The zero-order valence-corrected chi connectivity index (χ0v) is 19.5. The lowest BCUT2D eigenvalue weighted by molar-refractivity contribution is -0.250. The molecule has 1 aromatic rings. The molecule has 2 saturated carbocycles. The summed E-state index contributed by atoms with van der Waals surface area (Å²) < 4.78 is 37.7. The van der Waals surface area contributed by atoms with Crippen molar-refractivity contribution in [3.8, 4) is 5.75 Å². The molecule has 1 aromatic carbocycles. The van der Waals surface area contributed by atoms with Gasteiger partial charge in [0.15, 0.2) is 29.8 Å². The lowest BCUT2D eigenvalue weighted by Crippen LogP contribution is -2.58. The average Bonchev–Trinajstić information content (AvgIpc) is 3.37. The van der Waals surface area contributed by atoms with Crippen molar-refractivity contribution in [1.82, 2.24) is 0 Å². The summed E-state index contributed by atoms with van der Waals surface area (Å²) >= 11 is 0. The average molecular weight is 473 g/mol. The standard InChI is InChI=1S/C26H32O8/c1-16(27)17-8-10-18(11-9-17)29-23(28)21-19-20(32-25(31-19)12-4-2-5-13-25)22-24(30-21)34-26(33-22)14-6-3-7-15-26/h8-11,19-22,24H,2-7,12-15H2,1H3/t19-,20-,21+,22-,24+/m0/s1. The van der Waals surface area contributed by atoms with Crippen molar-refractivity contribution < 1.29 is 38.0 Å². The van der Waals surface area contributed by atoms with Crippen LogP contribution in [0.5, 0.6) is 5.75 Å². The van der Waals surface area contributed by atoms with Crippen molar-refractivity contribution in [1.29, 1.82) is 0 Å². The Morgan fingerprint density at radius 1 is 0.765 bits per heavy atom. The molecule has 184 valence electrons. The molecule has 0 amide bonds. The molecule has 3 aliphatic heterocycles. The van der Waals surface area contributed by atoms with E-state index in [9.17, 15) is 9.59 Å². The number of hydrogen-bond donors (Lipinski definition) is 0. The number of fused-ring (bicyclic) bond motifs is 3. The minimum absolute atomic E-state index is 0.0494. The van der Waals surface area contributed by atoms with Crippen LogP contribution in [-0.2, 0) is 28.5 Å². The number of hydrogen-bond acceptors (Lipinski definition) is 8. The third kappa shape index (κ3) is 3.99. The van der Waals surface area contributed by atoms with Crippen LogP contribution in [0.25, 0.3) is 0 Å². The Kier molecular flexibility index (Phi) is 5.77. The van der Waals surface area contributed by atoms with Gasteiger partial charge in [-0.3, -0.25) is 4.79 Å². The molecule has 6 rings (SSSR count). The number of esters is 1. The highest BCUT2D eigenvalue weighted by atomic mass is 16.9. The van der Waals surface area contributed by atoms with Crippen LogP contribution < -0.4 is 4.74 Å². The van der Waals surface area contributed by atoms with Gasteiger partial charge in [0.2, 0.25) is 0 Å². The van der Waals surface area contributed by atoms with E-state index in [4.69, 9.17) is 28.4 Å². The molecule has 8 nitrogen and oxygen atoms in total. The normalized spacial score (nSPS) is 35.6. The fraction of sp³-hybridized carbons (Fsp3) is 0.692. The van der Waals surface area contributed by atoms with Crippen LogP contribution >= 0.6 is 0 Å². The van der Waals surface area contributed by atoms with Gasteiger partial charge in [0.1, 0.15) is 24.1 Å². The van der Waals surface area contributed by atoms with Gasteiger partial charge in [-0.2, -0.15) is 0 Å². The van der Waals surface area contributed by atoms with E-state index < -0.39 is 48.2 Å². The lowest BCUT2D eigenvalue weighted by Gasteiger charge is -2.35. The van der Waals surface area contributed by atoms with E-state index >= 15 is 0 Å².